The first-order valence-corrected chi connectivity index (χ1v) is 6.21. The molecule has 0 aliphatic carbocycles. The monoisotopic (exact) mass is 246 g/mol. The van der Waals surface area contributed by atoms with Crippen LogP contribution in [-0.4, -0.2) is 32.1 Å². The van der Waals surface area contributed by atoms with Crippen molar-refractivity contribution in [3.05, 3.63) is 47.8 Å². The van der Waals surface area contributed by atoms with Gasteiger partial charge in [-0.2, -0.15) is 0 Å². The molecule has 0 aromatic heterocycles. The van der Waals surface area contributed by atoms with Gasteiger partial charge in [-0.3, -0.25) is 0 Å². The van der Waals surface area contributed by atoms with Gasteiger partial charge in [-0.1, -0.05) is 30.3 Å². The highest BCUT2D eigenvalue weighted by atomic mass is 19.1. The number of halogens is 1. The fourth-order valence-corrected chi connectivity index (χ4v) is 2.14. The van der Waals surface area contributed by atoms with Crippen molar-refractivity contribution in [2.45, 2.75) is 6.54 Å². The van der Waals surface area contributed by atoms with Crippen LogP contribution in [0, 0.1) is 5.82 Å². The zero-order valence-electron chi connectivity index (χ0n) is 10.9. The molecule has 0 unspecified atom stereocenters. The maximum absolute atomic E-state index is 13.7. The summed E-state index contributed by atoms with van der Waals surface area (Å²) >= 11 is 0. The third-order valence-corrected chi connectivity index (χ3v) is 3.14. The summed E-state index contributed by atoms with van der Waals surface area (Å²) in [4.78, 5) is 2.23. The Kier molecular flexibility index (Phi) is 4.28. The molecule has 0 radical (unpaired) electrons. The van der Waals surface area contributed by atoms with Crippen molar-refractivity contribution in [3.63, 3.8) is 0 Å². The number of likely N-dealkylation sites (N-methyl/N-ethyl adjacent to an activating group) is 2. The molecule has 2 rings (SSSR count). The summed E-state index contributed by atoms with van der Waals surface area (Å²) in [5.74, 6) is -0.146. The summed E-state index contributed by atoms with van der Waals surface area (Å²) in [5, 5.41) is 4.84. The van der Waals surface area contributed by atoms with Crippen molar-refractivity contribution in [1.29, 1.82) is 0 Å². The van der Waals surface area contributed by atoms with E-state index in [2.05, 4.69) is 17.3 Å². The van der Waals surface area contributed by atoms with Gasteiger partial charge in [0.15, 0.2) is 0 Å². The van der Waals surface area contributed by atoms with Gasteiger partial charge in [0, 0.05) is 25.0 Å². The van der Waals surface area contributed by atoms with Gasteiger partial charge < -0.3 is 10.2 Å². The third-order valence-electron chi connectivity index (χ3n) is 3.14. The van der Waals surface area contributed by atoms with E-state index in [0.29, 0.717) is 5.39 Å². The van der Waals surface area contributed by atoms with Crippen LogP contribution in [0.4, 0.5) is 4.39 Å². The van der Waals surface area contributed by atoms with Gasteiger partial charge in [0.25, 0.3) is 0 Å². The van der Waals surface area contributed by atoms with E-state index in [0.717, 1.165) is 25.0 Å². The van der Waals surface area contributed by atoms with Gasteiger partial charge in [0.1, 0.15) is 5.82 Å². The van der Waals surface area contributed by atoms with E-state index < -0.39 is 0 Å². The van der Waals surface area contributed by atoms with E-state index in [4.69, 9.17) is 0 Å². The van der Waals surface area contributed by atoms with Crippen LogP contribution >= 0.6 is 0 Å². The third kappa shape index (κ3) is 2.86. The van der Waals surface area contributed by atoms with Crippen LogP contribution in [0.3, 0.4) is 0 Å². The Hall–Kier alpha value is -1.45. The van der Waals surface area contributed by atoms with Crippen molar-refractivity contribution in [1.82, 2.24) is 10.2 Å². The van der Waals surface area contributed by atoms with Crippen LogP contribution < -0.4 is 5.32 Å². The highest BCUT2D eigenvalue weighted by Gasteiger charge is 2.07. The highest BCUT2D eigenvalue weighted by Crippen LogP contribution is 2.22. The van der Waals surface area contributed by atoms with Crippen LogP contribution in [0.1, 0.15) is 5.56 Å². The number of rotatable bonds is 5. The quantitative estimate of drug-likeness (QED) is 0.872. The van der Waals surface area contributed by atoms with Crippen LogP contribution in [0.15, 0.2) is 36.4 Å². The summed E-state index contributed by atoms with van der Waals surface area (Å²) in [6.07, 6.45) is 0. The fraction of sp³-hybridized carbons (Fsp3) is 0.333. The first kappa shape index (κ1) is 13.0. The minimum atomic E-state index is -0.146. The summed E-state index contributed by atoms with van der Waals surface area (Å²) in [7, 11) is 4.02. The molecule has 2 aromatic carbocycles. The van der Waals surface area contributed by atoms with Crippen LogP contribution in [0.25, 0.3) is 10.8 Å². The molecule has 1 N–H and O–H groups in total. The number of fused-ring (bicyclic) bond motifs is 1. The Morgan fingerprint density at radius 2 is 1.83 bits per heavy atom. The van der Waals surface area contributed by atoms with Gasteiger partial charge in [-0.05, 0) is 31.1 Å². The predicted octanol–water partition coefficient (Wildman–Crippen LogP) is 2.63. The summed E-state index contributed by atoms with van der Waals surface area (Å²) in [6.45, 7) is 2.76. The second-order valence-electron chi connectivity index (χ2n) is 4.59. The molecule has 18 heavy (non-hydrogen) atoms. The molecule has 96 valence electrons. The van der Waals surface area contributed by atoms with E-state index in [9.17, 15) is 4.39 Å². The molecule has 0 bridgehead atoms. The molecule has 0 saturated carbocycles. The summed E-state index contributed by atoms with van der Waals surface area (Å²) in [5.41, 5.74) is 1.17. The van der Waals surface area contributed by atoms with Crippen molar-refractivity contribution in [3.8, 4) is 0 Å². The molecule has 0 atom stereocenters. The fourth-order valence-electron chi connectivity index (χ4n) is 2.14. The first-order chi connectivity index (χ1) is 8.72. The lowest BCUT2D eigenvalue weighted by Gasteiger charge is -2.17. The van der Waals surface area contributed by atoms with E-state index in [1.807, 2.05) is 37.4 Å². The molecule has 0 fully saturated rings. The largest absolute Gasteiger partial charge is 0.318 e. The average Bonchev–Trinajstić information content (AvgIpc) is 2.40. The van der Waals surface area contributed by atoms with Crippen molar-refractivity contribution in [2.75, 3.05) is 27.2 Å². The van der Waals surface area contributed by atoms with Crippen molar-refractivity contribution in [2.24, 2.45) is 0 Å². The maximum atomic E-state index is 13.7. The topological polar surface area (TPSA) is 15.3 Å². The van der Waals surface area contributed by atoms with E-state index >= 15 is 0 Å². The standard InChI is InChI=1S/C15H19FN2/c1-17-9-10-18(2)11-12-7-8-15(16)14-6-4-3-5-13(12)14/h3-8,17H,9-11H2,1-2H3. The molecule has 0 spiro atoms. The second kappa shape index (κ2) is 5.94. The summed E-state index contributed by atoms with van der Waals surface area (Å²) < 4.78 is 13.7. The lowest BCUT2D eigenvalue weighted by Crippen LogP contribution is -2.27. The molecule has 0 amide bonds. The van der Waals surface area contributed by atoms with Gasteiger partial charge in [-0.15, -0.1) is 0 Å². The van der Waals surface area contributed by atoms with E-state index in [1.165, 1.54) is 5.56 Å². The Balaban J connectivity index is 2.26. The number of benzene rings is 2. The minimum absolute atomic E-state index is 0.146. The maximum Gasteiger partial charge on any atom is 0.131 e. The number of nitrogens with zero attached hydrogens (tertiary/aromatic N) is 1. The van der Waals surface area contributed by atoms with Gasteiger partial charge in [0.2, 0.25) is 0 Å². The molecule has 2 aromatic rings. The SMILES string of the molecule is CNCCN(C)Cc1ccc(F)c2ccccc12. The zero-order chi connectivity index (χ0) is 13.0. The van der Waals surface area contributed by atoms with Gasteiger partial charge >= 0.3 is 0 Å². The molecule has 0 heterocycles. The van der Waals surface area contributed by atoms with E-state index in [-0.39, 0.29) is 5.82 Å². The smallest absolute Gasteiger partial charge is 0.131 e. The molecule has 3 heteroatoms. The lowest BCUT2D eigenvalue weighted by atomic mass is 10.0. The average molecular weight is 246 g/mol. The lowest BCUT2D eigenvalue weighted by molar-refractivity contribution is 0.329. The Morgan fingerprint density at radius 1 is 1.11 bits per heavy atom. The zero-order valence-corrected chi connectivity index (χ0v) is 10.9. The normalized spacial score (nSPS) is 11.3. The molecular weight excluding hydrogens is 227 g/mol. The number of hydrogen-bond acceptors (Lipinski definition) is 2. The molecule has 0 aliphatic rings. The van der Waals surface area contributed by atoms with Crippen molar-refractivity contribution >= 4 is 10.8 Å². The van der Waals surface area contributed by atoms with Crippen LogP contribution in [0.2, 0.25) is 0 Å². The Bertz CT molecular complexity index is 525. The minimum Gasteiger partial charge on any atom is -0.318 e. The number of nitrogens with one attached hydrogen (secondary N) is 1. The first-order valence-electron chi connectivity index (χ1n) is 6.21. The predicted molar refractivity (Wildman–Crippen MR) is 74.2 cm³/mol. The Morgan fingerprint density at radius 3 is 2.56 bits per heavy atom. The molecule has 0 aliphatic heterocycles. The van der Waals surface area contributed by atoms with Crippen LogP contribution in [-0.2, 0) is 6.54 Å². The molecule has 2 nitrogen and oxygen atoms in total. The number of hydrogen-bond donors (Lipinski definition) is 1. The Labute approximate surface area is 107 Å². The molecule has 0 saturated heterocycles. The van der Waals surface area contributed by atoms with E-state index in [1.54, 1.807) is 6.07 Å². The highest BCUT2D eigenvalue weighted by molar-refractivity contribution is 5.86. The van der Waals surface area contributed by atoms with Gasteiger partial charge in [0.05, 0.1) is 0 Å². The van der Waals surface area contributed by atoms with Crippen molar-refractivity contribution < 1.29 is 4.39 Å². The van der Waals surface area contributed by atoms with Crippen LogP contribution in [0.5, 0.6) is 0 Å². The van der Waals surface area contributed by atoms with Gasteiger partial charge in [-0.25, -0.2) is 4.39 Å². The molecular formula is C15H19FN2. The summed E-state index contributed by atoms with van der Waals surface area (Å²) in [6, 6.07) is 11.1. The second-order valence-corrected chi connectivity index (χ2v) is 4.59.